The van der Waals surface area contributed by atoms with Gasteiger partial charge in [0.05, 0.1) is 11.4 Å². The van der Waals surface area contributed by atoms with Gasteiger partial charge >= 0.3 is 0 Å². The van der Waals surface area contributed by atoms with Gasteiger partial charge in [-0.2, -0.15) is 0 Å². The fourth-order valence-corrected chi connectivity index (χ4v) is 8.07. The monoisotopic (exact) mass is 680 g/mol. The zero-order valence-electron chi connectivity index (χ0n) is 30.3. The van der Waals surface area contributed by atoms with Crippen molar-refractivity contribution in [2.75, 3.05) is 0 Å². The van der Waals surface area contributed by atoms with Gasteiger partial charge in [-0.05, 0) is 80.3 Å². The second kappa shape index (κ2) is 13.3. The molecule has 0 amide bonds. The van der Waals surface area contributed by atoms with Crippen LogP contribution in [-0.4, -0.2) is 9.97 Å². The van der Waals surface area contributed by atoms with Crippen molar-refractivity contribution in [2.24, 2.45) is 0 Å². The number of rotatable bonds is 7. The van der Waals surface area contributed by atoms with Crippen LogP contribution in [-0.2, 0) is 11.8 Å². The molecule has 9 rings (SSSR count). The van der Waals surface area contributed by atoms with Gasteiger partial charge < -0.3 is 0 Å². The minimum Gasteiger partial charge on any atom is -0.228 e. The molecule has 0 aliphatic heterocycles. The molecule has 0 N–H and O–H groups in total. The third kappa shape index (κ3) is 5.87. The Morgan fingerprint density at radius 1 is 0.377 bits per heavy atom. The van der Waals surface area contributed by atoms with E-state index in [0.29, 0.717) is 0 Å². The summed E-state index contributed by atoms with van der Waals surface area (Å²) in [4.78, 5) is 10.6. The smallest absolute Gasteiger partial charge is 0.160 e. The van der Waals surface area contributed by atoms with Gasteiger partial charge in [-0.15, -0.1) is 0 Å². The lowest BCUT2D eigenvalue weighted by atomic mass is 9.81. The van der Waals surface area contributed by atoms with Gasteiger partial charge in [-0.25, -0.2) is 9.97 Å². The molecule has 8 aromatic rings. The van der Waals surface area contributed by atoms with Gasteiger partial charge in [0.1, 0.15) is 0 Å². The summed E-state index contributed by atoms with van der Waals surface area (Å²) in [6.07, 6.45) is 0.811. The Morgan fingerprint density at radius 2 is 0.830 bits per heavy atom. The van der Waals surface area contributed by atoms with Crippen LogP contribution in [0.3, 0.4) is 0 Å². The van der Waals surface area contributed by atoms with Crippen molar-refractivity contribution in [3.63, 3.8) is 0 Å². The fraction of sp³-hybridized carbons (Fsp3) is 0.0980. The first-order chi connectivity index (χ1) is 26.0. The summed E-state index contributed by atoms with van der Waals surface area (Å²) >= 11 is 0. The van der Waals surface area contributed by atoms with Crippen LogP contribution < -0.4 is 0 Å². The number of nitrogens with zero attached hydrogens (tertiary/aromatic N) is 2. The summed E-state index contributed by atoms with van der Waals surface area (Å²) in [5.41, 5.74) is 18.9. The molecule has 0 fully saturated rings. The van der Waals surface area contributed by atoms with E-state index in [1.165, 1.54) is 50.1 Å². The van der Waals surface area contributed by atoms with Crippen molar-refractivity contribution in [3.05, 3.63) is 193 Å². The normalized spacial score (nSPS) is 12.7. The summed E-state index contributed by atoms with van der Waals surface area (Å²) in [6, 6.07) is 63.2. The molecule has 1 aliphatic rings. The molecule has 2 heteroatoms. The quantitative estimate of drug-likeness (QED) is 0.167. The van der Waals surface area contributed by atoms with Crippen LogP contribution in [0.5, 0.6) is 0 Å². The Labute approximate surface area is 312 Å². The fourth-order valence-electron chi connectivity index (χ4n) is 8.07. The van der Waals surface area contributed by atoms with E-state index in [-0.39, 0.29) is 5.41 Å². The van der Waals surface area contributed by atoms with Gasteiger partial charge in [0, 0.05) is 27.7 Å². The summed E-state index contributed by atoms with van der Waals surface area (Å²) in [6.45, 7) is 6.89. The summed E-state index contributed by atoms with van der Waals surface area (Å²) in [7, 11) is 0. The molecular formula is C51H40N2. The summed E-state index contributed by atoms with van der Waals surface area (Å²) < 4.78 is 0. The van der Waals surface area contributed by atoms with Crippen molar-refractivity contribution >= 4 is 0 Å². The molecule has 0 atom stereocenters. The number of hydrogen-bond acceptors (Lipinski definition) is 2. The first-order valence-corrected chi connectivity index (χ1v) is 18.6. The molecule has 254 valence electrons. The Balaban J connectivity index is 1.12. The molecule has 1 heterocycles. The molecule has 1 aromatic heterocycles. The van der Waals surface area contributed by atoms with E-state index in [9.17, 15) is 0 Å². The molecule has 7 aromatic carbocycles. The van der Waals surface area contributed by atoms with Crippen LogP contribution in [0.1, 0.15) is 37.5 Å². The summed E-state index contributed by atoms with van der Waals surface area (Å²) in [5.74, 6) is 0.727. The maximum absolute atomic E-state index is 5.33. The van der Waals surface area contributed by atoms with E-state index in [4.69, 9.17) is 9.97 Å². The van der Waals surface area contributed by atoms with Crippen molar-refractivity contribution in [1.82, 2.24) is 9.97 Å². The van der Waals surface area contributed by atoms with Crippen LogP contribution in [0.15, 0.2) is 176 Å². The zero-order valence-corrected chi connectivity index (χ0v) is 30.3. The van der Waals surface area contributed by atoms with Crippen LogP contribution in [0, 0.1) is 0 Å². The second-order valence-corrected chi connectivity index (χ2v) is 14.5. The number of hydrogen-bond donors (Lipinski definition) is 0. The average Bonchev–Trinajstić information content (AvgIpc) is 3.46. The van der Waals surface area contributed by atoms with Crippen LogP contribution in [0.25, 0.3) is 78.4 Å². The highest BCUT2D eigenvalue weighted by Crippen LogP contribution is 2.49. The van der Waals surface area contributed by atoms with Gasteiger partial charge in [0.25, 0.3) is 0 Å². The van der Waals surface area contributed by atoms with Gasteiger partial charge in [-0.3, -0.25) is 0 Å². The lowest BCUT2D eigenvalue weighted by Crippen LogP contribution is -2.14. The predicted molar refractivity (Wildman–Crippen MR) is 222 cm³/mol. The zero-order chi connectivity index (χ0) is 35.9. The maximum atomic E-state index is 5.33. The Bertz CT molecular complexity index is 2600. The third-order valence-corrected chi connectivity index (χ3v) is 10.9. The first-order valence-electron chi connectivity index (χ1n) is 18.6. The molecule has 0 radical (unpaired) electrons. The van der Waals surface area contributed by atoms with Gasteiger partial charge in [0.2, 0.25) is 0 Å². The van der Waals surface area contributed by atoms with Crippen molar-refractivity contribution in [3.8, 4) is 78.4 Å². The van der Waals surface area contributed by atoms with Gasteiger partial charge in [-0.1, -0.05) is 178 Å². The highest BCUT2D eigenvalue weighted by molar-refractivity contribution is 5.85. The SMILES string of the molecule is CCc1c(-c2ccccc2)nc(-c2ccc(-c3ccccc3)cc2)nc1-c1cccc(-c2cccc(-c3ccc4c(c3)C(C)(C)c3ccccc3-4)c2)c1. The maximum Gasteiger partial charge on any atom is 0.160 e. The highest BCUT2D eigenvalue weighted by atomic mass is 14.9. The van der Waals surface area contributed by atoms with Crippen LogP contribution >= 0.6 is 0 Å². The lowest BCUT2D eigenvalue weighted by molar-refractivity contribution is 0.660. The minimum absolute atomic E-state index is 0.0379. The molecule has 0 saturated carbocycles. The lowest BCUT2D eigenvalue weighted by Gasteiger charge is -2.22. The highest BCUT2D eigenvalue weighted by Gasteiger charge is 2.35. The van der Waals surface area contributed by atoms with Crippen LogP contribution in [0.2, 0.25) is 0 Å². The molecule has 0 saturated heterocycles. The summed E-state index contributed by atoms with van der Waals surface area (Å²) in [5, 5.41) is 0. The van der Waals surface area contributed by atoms with E-state index in [1.54, 1.807) is 0 Å². The molecule has 2 nitrogen and oxygen atoms in total. The van der Waals surface area contributed by atoms with Crippen molar-refractivity contribution in [2.45, 2.75) is 32.6 Å². The molecule has 0 spiro atoms. The Morgan fingerprint density at radius 3 is 1.49 bits per heavy atom. The standard InChI is InChI=1S/C51H40N2/c1-4-43-48(36-17-9-6-10-18-36)52-50(37-27-25-35(26-28-37)34-15-7-5-8-16-34)53-49(43)42-22-14-21-40(32-42)38-19-13-20-39(31-38)41-29-30-45-44-23-11-12-24-46(44)51(2,3)47(45)33-41/h5-33H,4H2,1-3H3. The minimum atomic E-state index is -0.0379. The molecule has 53 heavy (non-hydrogen) atoms. The second-order valence-electron chi connectivity index (χ2n) is 14.5. The largest absolute Gasteiger partial charge is 0.228 e. The van der Waals surface area contributed by atoms with Gasteiger partial charge in [0.15, 0.2) is 5.82 Å². The molecule has 1 aliphatic carbocycles. The number of benzene rings is 7. The average molecular weight is 681 g/mol. The number of aromatic nitrogens is 2. The predicted octanol–water partition coefficient (Wildman–Crippen LogP) is 13.3. The Hall–Kier alpha value is -6.38. The van der Waals surface area contributed by atoms with E-state index in [0.717, 1.165) is 51.5 Å². The van der Waals surface area contributed by atoms with E-state index in [2.05, 4.69) is 191 Å². The third-order valence-electron chi connectivity index (χ3n) is 10.9. The van der Waals surface area contributed by atoms with E-state index in [1.807, 2.05) is 6.07 Å². The number of fused-ring (bicyclic) bond motifs is 3. The first kappa shape index (κ1) is 32.5. The Kier molecular flexibility index (Phi) is 8.16. The molecule has 0 unspecified atom stereocenters. The van der Waals surface area contributed by atoms with E-state index >= 15 is 0 Å². The topological polar surface area (TPSA) is 25.8 Å². The molecular weight excluding hydrogens is 641 g/mol. The van der Waals surface area contributed by atoms with Crippen molar-refractivity contribution < 1.29 is 0 Å². The van der Waals surface area contributed by atoms with E-state index < -0.39 is 0 Å². The van der Waals surface area contributed by atoms with Crippen LogP contribution in [0.4, 0.5) is 0 Å². The molecule has 0 bridgehead atoms. The van der Waals surface area contributed by atoms with Crippen molar-refractivity contribution in [1.29, 1.82) is 0 Å².